The second kappa shape index (κ2) is 4.51. The van der Waals surface area contributed by atoms with Crippen LogP contribution in [0, 0.1) is 15.3 Å². The molecule has 0 unspecified atom stereocenters. The molecule has 0 aliphatic rings. The first-order chi connectivity index (χ1) is 5.04. The van der Waals surface area contributed by atoms with E-state index in [2.05, 4.69) is 4.98 Å². The van der Waals surface area contributed by atoms with Gasteiger partial charge >= 0.3 is 0 Å². The second-order valence-electron chi connectivity index (χ2n) is 1.60. The van der Waals surface area contributed by atoms with Crippen LogP contribution >= 0.6 is 11.6 Å². The smallest absolute Gasteiger partial charge is 0.242 e. The topological polar surface area (TPSA) is 85.9 Å². The predicted octanol–water partition coefficient (Wildman–Crippen LogP) is 0.253. The number of nitrogens with one attached hydrogen (secondary N) is 1. The molecular formula is C4H6ClN3O3. The summed E-state index contributed by atoms with van der Waals surface area (Å²) in [5, 5.41) is 15.5. The van der Waals surface area contributed by atoms with Gasteiger partial charge in [-0.2, -0.15) is 0 Å². The molecule has 0 saturated heterocycles. The van der Waals surface area contributed by atoms with Crippen molar-refractivity contribution in [2.45, 2.75) is 0 Å². The van der Waals surface area contributed by atoms with Crippen molar-refractivity contribution >= 4 is 11.6 Å². The van der Waals surface area contributed by atoms with E-state index >= 15 is 0 Å². The fourth-order valence-electron chi connectivity index (χ4n) is 0.381. The highest BCUT2D eigenvalue weighted by Crippen LogP contribution is 1.93. The molecule has 0 radical (unpaired) electrons. The highest BCUT2D eigenvalue weighted by atomic mass is 35.5. The van der Waals surface area contributed by atoms with Crippen molar-refractivity contribution in [1.82, 2.24) is 4.98 Å². The zero-order valence-electron chi connectivity index (χ0n) is 5.65. The molecule has 62 valence electrons. The van der Waals surface area contributed by atoms with E-state index < -0.39 is 5.09 Å². The van der Waals surface area contributed by atoms with Gasteiger partial charge in [0, 0.05) is 0 Å². The molecule has 0 aliphatic carbocycles. The van der Waals surface area contributed by atoms with Crippen molar-refractivity contribution < 1.29 is 9.65 Å². The van der Waals surface area contributed by atoms with Crippen molar-refractivity contribution in [2.24, 2.45) is 7.05 Å². The Hall–Kier alpha value is -1.30. The first-order valence-electron chi connectivity index (χ1n) is 2.53. The SMILES string of the molecule is C[n+]1c[nH]cc1Cl.O=[N+]([O-])[O-]. The van der Waals surface area contributed by atoms with Crippen molar-refractivity contribution in [1.29, 1.82) is 0 Å². The van der Waals surface area contributed by atoms with E-state index in [1.165, 1.54) is 0 Å². The number of hydrogen-bond acceptors (Lipinski definition) is 3. The van der Waals surface area contributed by atoms with Gasteiger partial charge in [-0.15, -0.1) is 0 Å². The molecule has 0 atom stereocenters. The van der Waals surface area contributed by atoms with Crippen LogP contribution in [0.3, 0.4) is 0 Å². The first kappa shape index (κ1) is 9.70. The highest BCUT2D eigenvalue weighted by Gasteiger charge is 1.95. The van der Waals surface area contributed by atoms with E-state index in [1.54, 1.807) is 17.1 Å². The third kappa shape index (κ3) is 5.16. The van der Waals surface area contributed by atoms with Gasteiger partial charge in [-0.25, -0.2) is 9.55 Å². The van der Waals surface area contributed by atoms with E-state index in [4.69, 9.17) is 26.9 Å². The van der Waals surface area contributed by atoms with Gasteiger partial charge in [-0.1, -0.05) is 0 Å². The number of imidazole rings is 1. The molecule has 0 amide bonds. The molecule has 0 aromatic carbocycles. The summed E-state index contributed by atoms with van der Waals surface area (Å²) in [6, 6.07) is 0. The Labute approximate surface area is 67.1 Å². The van der Waals surface area contributed by atoms with Crippen LogP contribution in [-0.4, -0.2) is 10.1 Å². The van der Waals surface area contributed by atoms with Crippen LogP contribution in [0.5, 0.6) is 0 Å². The summed E-state index contributed by atoms with van der Waals surface area (Å²) in [7, 11) is 1.87. The van der Waals surface area contributed by atoms with Crippen LogP contribution in [0.1, 0.15) is 0 Å². The monoisotopic (exact) mass is 179 g/mol. The van der Waals surface area contributed by atoms with Crippen LogP contribution in [0.15, 0.2) is 12.5 Å². The maximum absolute atomic E-state index is 8.25. The van der Waals surface area contributed by atoms with Gasteiger partial charge in [0.1, 0.15) is 6.20 Å². The van der Waals surface area contributed by atoms with Gasteiger partial charge in [0.2, 0.25) is 11.5 Å². The number of aromatic nitrogens is 2. The average Bonchev–Trinajstić information content (AvgIpc) is 2.15. The number of halogens is 1. The molecule has 0 spiro atoms. The summed E-state index contributed by atoms with van der Waals surface area (Å²) >= 11 is 5.56. The molecular weight excluding hydrogens is 174 g/mol. The quantitative estimate of drug-likeness (QED) is 0.352. The number of rotatable bonds is 0. The van der Waals surface area contributed by atoms with Crippen LogP contribution < -0.4 is 4.57 Å². The fraction of sp³-hybridized carbons (Fsp3) is 0.250. The molecule has 1 aromatic rings. The minimum Gasteiger partial charge on any atom is -0.356 e. The first-order valence-corrected chi connectivity index (χ1v) is 2.91. The maximum Gasteiger partial charge on any atom is 0.242 e. The standard InChI is InChI=1S/C4H5ClN2.NO3/c1-7-3-6-2-4(7)5;2-1(3)4/h2-3H,1H3;/q;-1/p+1. The third-order valence-electron chi connectivity index (χ3n) is 0.808. The van der Waals surface area contributed by atoms with Crippen LogP contribution in [0.2, 0.25) is 5.15 Å². The molecule has 1 heterocycles. The van der Waals surface area contributed by atoms with E-state index in [0.29, 0.717) is 0 Å². The minimum atomic E-state index is -1.75. The summed E-state index contributed by atoms with van der Waals surface area (Å²) in [6.45, 7) is 0. The van der Waals surface area contributed by atoms with Crippen LogP contribution in [-0.2, 0) is 7.05 Å². The molecule has 6 nitrogen and oxygen atoms in total. The summed E-state index contributed by atoms with van der Waals surface area (Å²) < 4.78 is 1.79. The molecule has 11 heavy (non-hydrogen) atoms. The third-order valence-corrected chi connectivity index (χ3v) is 1.18. The van der Waals surface area contributed by atoms with E-state index in [1.807, 2.05) is 7.05 Å². The fourth-order valence-corrected chi connectivity index (χ4v) is 0.493. The molecule has 1 rings (SSSR count). The van der Waals surface area contributed by atoms with Crippen molar-refractivity contribution in [3.8, 4) is 0 Å². The summed E-state index contributed by atoms with van der Waals surface area (Å²) in [4.78, 5) is 11.1. The second-order valence-corrected chi connectivity index (χ2v) is 1.98. The molecule has 0 saturated carbocycles. The Kier molecular flexibility index (Phi) is 3.97. The Morgan fingerprint density at radius 3 is 2.27 bits per heavy atom. The highest BCUT2D eigenvalue weighted by molar-refractivity contribution is 6.28. The normalized spacial score (nSPS) is 8.18. The lowest BCUT2D eigenvalue weighted by atomic mass is 10.9. The molecule has 0 fully saturated rings. The van der Waals surface area contributed by atoms with Gasteiger partial charge in [0.05, 0.1) is 12.1 Å². The van der Waals surface area contributed by atoms with Gasteiger partial charge in [-0.3, -0.25) is 0 Å². The summed E-state index contributed by atoms with van der Waals surface area (Å²) in [5.41, 5.74) is 0. The molecule has 0 bridgehead atoms. The molecule has 0 aliphatic heterocycles. The molecule has 1 N–H and O–H groups in total. The number of hydrogen-bond donors (Lipinski definition) is 1. The van der Waals surface area contributed by atoms with Gasteiger partial charge in [-0.05, 0) is 11.6 Å². The summed E-state index contributed by atoms with van der Waals surface area (Å²) in [6.07, 6.45) is 3.50. The largest absolute Gasteiger partial charge is 0.356 e. The number of H-pyrrole nitrogens is 1. The zero-order valence-corrected chi connectivity index (χ0v) is 6.41. The predicted molar refractivity (Wildman–Crippen MR) is 37.3 cm³/mol. The average molecular weight is 180 g/mol. The van der Waals surface area contributed by atoms with E-state index in [9.17, 15) is 0 Å². The lowest BCUT2D eigenvalue weighted by Gasteiger charge is -1.75. The zero-order chi connectivity index (χ0) is 8.85. The molecule has 7 heteroatoms. The van der Waals surface area contributed by atoms with E-state index in [0.717, 1.165) is 5.15 Å². The van der Waals surface area contributed by atoms with Crippen molar-refractivity contribution in [3.63, 3.8) is 0 Å². The number of nitrogens with zero attached hydrogens (tertiary/aromatic N) is 2. The van der Waals surface area contributed by atoms with Crippen LogP contribution in [0.25, 0.3) is 0 Å². The Morgan fingerprint density at radius 1 is 1.73 bits per heavy atom. The Morgan fingerprint density at radius 2 is 2.18 bits per heavy atom. The lowest BCUT2D eigenvalue weighted by Crippen LogP contribution is -2.25. The summed E-state index contributed by atoms with van der Waals surface area (Å²) in [5.74, 6) is 0. The van der Waals surface area contributed by atoms with Gasteiger partial charge < -0.3 is 15.3 Å². The van der Waals surface area contributed by atoms with Crippen molar-refractivity contribution in [2.75, 3.05) is 0 Å². The Bertz CT molecular complexity index is 216. The Balaban J connectivity index is 0.000000218. The van der Waals surface area contributed by atoms with Crippen LogP contribution in [0.4, 0.5) is 0 Å². The molecule has 1 aromatic heterocycles. The minimum absolute atomic E-state index is 0.722. The number of aromatic amines is 1. The van der Waals surface area contributed by atoms with Gasteiger partial charge in [0.25, 0.3) is 0 Å². The van der Waals surface area contributed by atoms with E-state index in [-0.39, 0.29) is 0 Å². The lowest BCUT2D eigenvalue weighted by molar-refractivity contribution is -0.667. The van der Waals surface area contributed by atoms with Crippen molar-refractivity contribution in [3.05, 3.63) is 33.0 Å². The number of aryl methyl sites for hydroxylation is 1. The maximum atomic E-state index is 8.25. The van der Waals surface area contributed by atoms with Gasteiger partial charge in [0.15, 0.2) is 0 Å².